The van der Waals surface area contributed by atoms with E-state index in [1.165, 1.54) is 22.2 Å². The quantitative estimate of drug-likeness (QED) is 0.410. The Morgan fingerprint density at radius 3 is 2.83 bits per heavy atom. The molecule has 0 spiro atoms. The summed E-state index contributed by atoms with van der Waals surface area (Å²) in [5.74, 6) is 0.237. The van der Waals surface area contributed by atoms with E-state index in [-0.39, 0.29) is 12.5 Å². The van der Waals surface area contributed by atoms with Gasteiger partial charge in [0.25, 0.3) is 5.91 Å². The lowest BCUT2D eigenvalue weighted by Gasteiger charge is -2.07. The molecule has 0 atom stereocenters. The first-order chi connectivity index (χ1) is 14.7. The van der Waals surface area contributed by atoms with Crippen molar-refractivity contribution in [3.05, 3.63) is 71.6 Å². The van der Waals surface area contributed by atoms with E-state index in [0.717, 1.165) is 29.2 Å². The highest BCUT2D eigenvalue weighted by atomic mass is 32.1. The molecule has 0 radical (unpaired) electrons. The minimum Gasteiger partial charge on any atom is -0.439 e. The predicted octanol–water partition coefficient (Wildman–Crippen LogP) is 5.25. The average Bonchev–Trinajstić information content (AvgIpc) is 3.49. The van der Waals surface area contributed by atoms with Gasteiger partial charge in [-0.2, -0.15) is 0 Å². The van der Waals surface area contributed by atoms with Crippen molar-refractivity contribution in [2.45, 2.75) is 26.4 Å². The number of amides is 1. The Morgan fingerprint density at radius 1 is 1.13 bits per heavy atom. The van der Waals surface area contributed by atoms with E-state index < -0.39 is 0 Å². The topological polar surface area (TPSA) is 73.0 Å². The van der Waals surface area contributed by atoms with E-state index >= 15 is 0 Å². The fraction of sp³-hybridized carbons (Fsp3) is 0.174. The number of nitrogens with zero attached hydrogens (tertiary/aromatic N) is 3. The monoisotopic (exact) mass is 416 g/mol. The van der Waals surface area contributed by atoms with Gasteiger partial charge in [0.05, 0.1) is 12.2 Å². The molecule has 0 saturated carbocycles. The number of oxazole rings is 1. The third-order valence-corrected chi connectivity index (χ3v) is 5.82. The second-order valence-corrected chi connectivity index (χ2v) is 7.89. The largest absolute Gasteiger partial charge is 0.439 e. The highest BCUT2D eigenvalue weighted by molar-refractivity contribution is 7.13. The molecule has 6 nitrogen and oxygen atoms in total. The zero-order chi connectivity index (χ0) is 20.5. The van der Waals surface area contributed by atoms with Crippen LogP contribution in [0, 0.1) is 0 Å². The Balaban J connectivity index is 1.36. The van der Waals surface area contributed by atoms with Crippen molar-refractivity contribution in [1.82, 2.24) is 19.9 Å². The normalized spacial score (nSPS) is 11.4. The van der Waals surface area contributed by atoms with E-state index in [0.29, 0.717) is 17.2 Å². The summed E-state index contributed by atoms with van der Waals surface area (Å²) in [6, 6.07) is 18.0. The molecule has 5 rings (SSSR count). The van der Waals surface area contributed by atoms with Crippen LogP contribution in [0.2, 0.25) is 0 Å². The number of aromatic nitrogens is 3. The van der Waals surface area contributed by atoms with Gasteiger partial charge in [0.2, 0.25) is 5.89 Å². The van der Waals surface area contributed by atoms with E-state index in [1.54, 1.807) is 5.38 Å². The molecule has 3 heterocycles. The summed E-state index contributed by atoms with van der Waals surface area (Å²) in [6.07, 6.45) is 1.02. The lowest BCUT2D eigenvalue weighted by molar-refractivity contribution is 0.0943. The van der Waals surface area contributed by atoms with E-state index in [4.69, 9.17) is 4.42 Å². The molecule has 5 aromatic rings. The van der Waals surface area contributed by atoms with Crippen molar-refractivity contribution in [3.8, 4) is 10.7 Å². The number of hydrogen-bond acceptors (Lipinski definition) is 5. The Bertz CT molecular complexity index is 1310. The summed E-state index contributed by atoms with van der Waals surface area (Å²) >= 11 is 1.48. The number of benzene rings is 2. The fourth-order valence-electron chi connectivity index (χ4n) is 3.59. The number of thiazole rings is 1. The number of rotatable bonds is 6. The molecule has 0 fully saturated rings. The van der Waals surface area contributed by atoms with Crippen molar-refractivity contribution >= 4 is 39.2 Å². The van der Waals surface area contributed by atoms with Gasteiger partial charge in [-0.1, -0.05) is 37.3 Å². The molecule has 150 valence electrons. The highest BCUT2D eigenvalue weighted by Crippen LogP contribution is 2.30. The molecule has 0 bridgehead atoms. The number of aryl methyl sites for hydroxylation is 1. The molecule has 0 saturated heterocycles. The Morgan fingerprint density at radius 2 is 1.97 bits per heavy atom. The van der Waals surface area contributed by atoms with Gasteiger partial charge in [-0.15, -0.1) is 11.3 Å². The number of carbonyl (C=O) groups is 1. The average molecular weight is 417 g/mol. The summed E-state index contributed by atoms with van der Waals surface area (Å²) in [6.45, 7) is 3.28. The smallest absolute Gasteiger partial charge is 0.271 e. The molecule has 0 aliphatic carbocycles. The van der Waals surface area contributed by atoms with Crippen molar-refractivity contribution in [2.24, 2.45) is 0 Å². The van der Waals surface area contributed by atoms with Gasteiger partial charge < -0.3 is 14.3 Å². The van der Waals surface area contributed by atoms with Gasteiger partial charge in [-0.3, -0.25) is 4.79 Å². The number of para-hydroxylation sites is 3. The maximum Gasteiger partial charge on any atom is 0.271 e. The summed E-state index contributed by atoms with van der Waals surface area (Å²) in [7, 11) is 0. The van der Waals surface area contributed by atoms with Gasteiger partial charge in [-0.25, -0.2) is 9.97 Å². The summed E-state index contributed by atoms with van der Waals surface area (Å²) in [5, 5.41) is 6.66. The van der Waals surface area contributed by atoms with Crippen LogP contribution in [0.5, 0.6) is 0 Å². The van der Waals surface area contributed by atoms with Gasteiger partial charge in [0.15, 0.2) is 5.58 Å². The van der Waals surface area contributed by atoms with E-state index in [1.807, 2.05) is 36.4 Å². The van der Waals surface area contributed by atoms with Crippen LogP contribution < -0.4 is 5.32 Å². The molecule has 0 unspecified atom stereocenters. The maximum atomic E-state index is 12.6. The van der Waals surface area contributed by atoms with Crippen LogP contribution in [0.15, 0.2) is 64.4 Å². The maximum absolute atomic E-state index is 12.6. The van der Waals surface area contributed by atoms with Crippen LogP contribution >= 0.6 is 11.3 Å². The van der Waals surface area contributed by atoms with Gasteiger partial charge in [-0.05, 0) is 30.7 Å². The van der Waals surface area contributed by atoms with Crippen LogP contribution in [0.3, 0.4) is 0 Å². The third-order valence-electron chi connectivity index (χ3n) is 4.95. The molecular weight excluding hydrogens is 396 g/mol. The van der Waals surface area contributed by atoms with Crippen LogP contribution in [0.1, 0.15) is 29.7 Å². The van der Waals surface area contributed by atoms with Crippen LogP contribution in [0.25, 0.3) is 32.7 Å². The molecule has 1 N–H and O–H groups in total. The SMILES string of the molecule is CCCn1c(-c2nc(C(=O)NCc3nc4ccccc4o3)cs2)cc2ccccc21. The molecule has 3 aromatic heterocycles. The molecule has 7 heteroatoms. The molecule has 1 amide bonds. The highest BCUT2D eigenvalue weighted by Gasteiger charge is 2.17. The van der Waals surface area contributed by atoms with Gasteiger partial charge >= 0.3 is 0 Å². The number of hydrogen-bond donors (Lipinski definition) is 1. The van der Waals surface area contributed by atoms with Crippen molar-refractivity contribution in [2.75, 3.05) is 0 Å². The summed E-state index contributed by atoms with van der Waals surface area (Å²) < 4.78 is 7.93. The standard InChI is InChI=1S/C23H20N4O2S/c1-2-11-27-18-9-5-3-7-15(18)12-19(27)23-26-17(14-30-23)22(28)24-13-21-25-16-8-4-6-10-20(16)29-21/h3-10,12,14H,2,11,13H2,1H3,(H,24,28). The van der Waals surface area contributed by atoms with Gasteiger partial charge in [0, 0.05) is 22.8 Å². The summed E-state index contributed by atoms with van der Waals surface area (Å²) in [4.78, 5) is 21.6. The first-order valence-electron chi connectivity index (χ1n) is 9.90. The Kier molecular flexibility index (Phi) is 4.80. The molecule has 0 aliphatic rings. The van der Waals surface area contributed by atoms with Crippen molar-refractivity contribution < 1.29 is 9.21 Å². The van der Waals surface area contributed by atoms with Crippen LogP contribution in [-0.4, -0.2) is 20.4 Å². The first kappa shape index (κ1) is 18.6. The lowest BCUT2D eigenvalue weighted by Crippen LogP contribution is -2.23. The second kappa shape index (κ2) is 7.76. The minimum absolute atomic E-state index is 0.219. The number of fused-ring (bicyclic) bond motifs is 2. The predicted molar refractivity (Wildman–Crippen MR) is 119 cm³/mol. The fourth-order valence-corrected chi connectivity index (χ4v) is 4.41. The molecule has 0 aliphatic heterocycles. The second-order valence-electron chi connectivity index (χ2n) is 7.04. The van der Waals surface area contributed by atoms with Crippen molar-refractivity contribution in [3.63, 3.8) is 0 Å². The summed E-state index contributed by atoms with van der Waals surface area (Å²) in [5.41, 5.74) is 4.12. The molecular formula is C23H20N4O2S. The Hall–Kier alpha value is -3.45. The van der Waals surface area contributed by atoms with E-state index in [9.17, 15) is 4.79 Å². The number of carbonyl (C=O) groups excluding carboxylic acids is 1. The van der Waals surface area contributed by atoms with Crippen molar-refractivity contribution in [1.29, 1.82) is 0 Å². The third kappa shape index (κ3) is 3.37. The first-order valence-corrected chi connectivity index (χ1v) is 10.8. The zero-order valence-corrected chi connectivity index (χ0v) is 17.3. The molecule has 2 aromatic carbocycles. The number of nitrogens with one attached hydrogen (secondary N) is 1. The zero-order valence-electron chi connectivity index (χ0n) is 16.5. The van der Waals surface area contributed by atoms with E-state index in [2.05, 4.69) is 45.0 Å². The Labute approximate surface area is 177 Å². The van der Waals surface area contributed by atoms with Crippen LogP contribution in [-0.2, 0) is 13.1 Å². The van der Waals surface area contributed by atoms with Crippen LogP contribution in [0.4, 0.5) is 0 Å². The lowest BCUT2D eigenvalue weighted by atomic mass is 10.2. The minimum atomic E-state index is -0.238. The van der Waals surface area contributed by atoms with Gasteiger partial charge in [0.1, 0.15) is 16.2 Å². The molecule has 30 heavy (non-hydrogen) atoms.